The zero-order valence-corrected chi connectivity index (χ0v) is 10.8. The van der Waals surface area contributed by atoms with Gasteiger partial charge in [-0.15, -0.1) is 0 Å². The number of carbonyl (C=O) groups is 1. The number of hydrogen-bond donors (Lipinski definition) is 2. The summed E-state index contributed by atoms with van der Waals surface area (Å²) in [6.45, 7) is 0. The molecule has 0 unspecified atom stereocenters. The van der Waals surface area contributed by atoms with Crippen LogP contribution in [0.2, 0.25) is 0 Å². The summed E-state index contributed by atoms with van der Waals surface area (Å²) >= 11 is 0. The summed E-state index contributed by atoms with van der Waals surface area (Å²) < 4.78 is 12.8. The molecule has 2 N–H and O–H groups in total. The summed E-state index contributed by atoms with van der Waals surface area (Å²) in [6.07, 6.45) is 0. The van der Waals surface area contributed by atoms with E-state index in [-0.39, 0.29) is 5.69 Å². The van der Waals surface area contributed by atoms with Crippen LogP contribution in [0.15, 0.2) is 53.3 Å². The molecule has 104 valence electrons. The molecule has 3 aromatic rings. The highest BCUT2D eigenvalue weighted by atomic mass is 19.1. The Labute approximate surface area is 118 Å². The fourth-order valence-electron chi connectivity index (χ4n) is 1.95. The van der Waals surface area contributed by atoms with E-state index in [0.717, 1.165) is 0 Å². The number of halogens is 1. The zero-order chi connectivity index (χ0) is 14.8. The van der Waals surface area contributed by atoms with Gasteiger partial charge in [0.25, 0.3) is 5.91 Å². The lowest BCUT2D eigenvalue weighted by Crippen LogP contribution is -2.24. The van der Waals surface area contributed by atoms with Gasteiger partial charge in [-0.2, -0.15) is 5.10 Å². The number of para-hydroxylation sites is 1. The van der Waals surface area contributed by atoms with Gasteiger partial charge in [0.1, 0.15) is 5.82 Å². The molecule has 2 aromatic carbocycles. The van der Waals surface area contributed by atoms with Crippen molar-refractivity contribution in [3.63, 3.8) is 0 Å². The Bertz CT molecular complexity index is 872. The number of aromatic nitrogens is 2. The topological polar surface area (TPSA) is 74.8 Å². The number of fused-ring (bicyclic) bond motifs is 1. The lowest BCUT2D eigenvalue weighted by Gasteiger charge is -2.04. The van der Waals surface area contributed by atoms with Crippen LogP contribution in [-0.2, 0) is 0 Å². The maximum atomic E-state index is 12.8. The number of rotatable bonds is 2. The largest absolute Gasteiger partial charge is 0.320 e. The molecule has 5 nitrogen and oxygen atoms in total. The maximum absolute atomic E-state index is 12.8. The van der Waals surface area contributed by atoms with E-state index in [1.165, 1.54) is 24.3 Å². The molecular formula is C15H10FN3O2. The molecule has 1 amide bonds. The summed E-state index contributed by atoms with van der Waals surface area (Å²) in [5, 5.41) is 9.35. The van der Waals surface area contributed by atoms with Crippen LogP contribution in [0.1, 0.15) is 10.5 Å². The average molecular weight is 283 g/mol. The number of anilines is 1. The smallest absolute Gasteiger partial charge is 0.280 e. The fourth-order valence-corrected chi connectivity index (χ4v) is 1.95. The molecule has 3 rings (SSSR count). The molecule has 6 heteroatoms. The van der Waals surface area contributed by atoms with Crippen LogP contribution >= 0.6 is 0 Å². The first kappa shape index (κ1) is 13.0. The SMILES string of the molecule is O=C(Nc1ccc(F)cc1)c1n[nH]c2ccccc2c1=O. The van der Waals surface area contributed by atoms with E-state index in [2.05, 4.69) is 15.5 Å². The zero-order valence-electron chi connectivity index (χ0n) is 10.8. The quantitative estimate of drug-likeness (QED) is 0.758. The lowest BCUT2D eigenvalue weighted by molar-refractivity contribution is 0.102. The Kier molecular flexibility index (Phi) is 3.19. The third-order valence-electron chi connectivity index (χ3n) is 2.99. The monoisotopic (exact) mass is 283 g/mol. The predicted molar refractivity (Wildman–Crippen MR) is 76.7 cm³/mol. The Morgan fingerprint density at radius 3 is 2.57 bits per heavy atom. The molecule has 0 aliphatic carbocycles. The molecule has 0 spiro atoms. The van der Waals surface area contributed by atoms with Crippen molar-refractivity contribution >= 4 is 22.5 Å². The number of aromatic amines is 1. The summed E-state index contributed by atoms with van der Waals surface area (Å²) in [7, 11) is 0. The third-order valence-corrected chi connectivity index (χ3v) is 2.99. The molecule has 0 aliphatic heterocycles. The number of amides is 1. The number of nitrogens with zero attached hydrogens (tertiary/aromatic N) is 1. The number of hydrogen-bond acceptors (Lipinski definition) is 3. The fraction of sp³-hybridized carbons (Fsp3) is 0. The van der Waals surface area contributed by atoms with Crippen molar-refractivity contribution < 1.29 is 9.18 Å². The first-order valence-corrected chi connectivity index (χ1v) is 6.19. The molecule has 0 atom stereocenters. The standard InChI is InChI=1S/C15H10FN3O2/c16-9-5-7-10(8-6-9)17-15(21)13-14(20)11-3-1-2-4-12(11)18-19-13/h1-8H,(H,17,21)(H,18,20). The second-order valence-electron chi connectivity index (χ2n) is 4.41. The maximum Gasteiger partial charge on any atom is 0.280 e. The molecule has 0 fully saturated rings. The summed E-state index contributed by atoms with van der Waals surface area (Å²) in [5.41, 5.74) is 0.249. The minimum Gasteiger partial charge on any atom is -0.320 e. The van der Waals surface area contributed by atoms with Gasteiger partial charge >= 0.3 is 0 Å². The predicted octanol–water partition coefficient (Wildman–Crippen LogP) is 2.31. The molecule has 1 heterocycles. The highest BCUT2D eigenvalue weighted by Gasteiger charge is 2.14. The van der Waals surface area contributed by atoms with Crippen LogP contribution in [0.4, 0.5) is 10.1 Å². The van der Waals surface area contributed by atoms with Crippen molar-refractivity contribution in [3.8, 4) is 0 Å². The Balaban J connectivity index is 1.96. The van der Waals surface area contributed by atoms with E-state index >= 15 is 0 Å². The molecular weight excluding hydrogens is 273 g/mol. The highest BCUT2D eigenvalue weighted by Crippen LogP contribution is 2.10. The van der Waals surface area contributed by atoms with Gasteiger partial charge in [-0.05, 0) is 36.4 Å². The molecule has 1 aromatic heterocycles. The van der Waals surface area contributed by atoms with E-state index in [4.69, 9.17) is 0 Å². The molecule has 0 aliphatic rings. The second kappa shape index (κ2) is 5.16. The van der Waals surface area contributed by atoms with E-state index < -0.39 is 17.2 Å². The van der Waals surface area contributed by atoms with Crippen molar-refractivity contribution in [1.29, 1.82) is 0 Å². The number of benzene rings is 2. The van der Waals surface area contributed by atoms with Crippen molar-refractivity contribution in [2.75, 3.05) is 5.32 Å². The van der Waals surface area contributed by atoms with Crippen LogP contribution in [0.3, 0.4) is 0 Å². The normalized spacial score (nSPS) is 10.5. The Hall–Kier alpha value is -3.02. The summed E-state index contributed by atoms with van der Waals surface area (Å²) in [4.78, 5) is 24.3. The van der Waals surface area contributed by atoms with Crippen LogP contribution in [0, 0.1) is 5.82 Å². The molecule has 0 saturated heterocycles. The van der Waals surface area contributed by atoms with Gasteiger partial charge in [0, 0.05) is 11.1 Å². The van der Waals surface area contributed by atoms with Crippen LogP contribution in [0.25, 0.3) is 10.9 Å². The van der Waals surface area contributed by atoms with E-state index in [1.54, 1.807) is 24.3 Å². The van der Waals surface area contributed by atoms with Gasteiger partial charge in [-0.25, -0.2) is 4.39 Å². The minimum absolute atomic E-state index is 0.238. The van der Waals surface area contributed by atoms with Crippen molar-refractivity contribution in [2.45, 2.75) is 0 Å². The lowest BCUT2D eigenvalue weighted by atomic mass is 10.2. The highest BCUT2D eigenvalue weighted by molar-refractivity contribution is 6.04. The van der Waals surface area contributed by atoms with Gasteiger partial charge in [0.2, 0.25) is 5.43 Å². The third kappa shape index (κ3) is 2.51. The van der Waals surface area contributed by atoms with E-state index in [9.17, 15) is 14.0 Å². The first-order chi connectivity index (χ1) is 10.1. The second-order valence-corrected chi connectivity index (χ2v) is 4.41. The number of carbonyl (C=O) groups excluding carboxylic acids is 1. The van der Waals surface area contributed by atoms with Gasteiger partial charge in [-0.1, -0.05) is 12.1 Å². The van der Waals surface area contributed by atoms with Crippen LogP contribution < -0.4 is 10.7 Å². The minimum atomic E-state index is -0.645. The van der Waals surface area contributed by atoms with Gasteiger partial charge in [0.05, 0.1) is 5.52 Å². The molecule has 0 radical (unpaired) electrons. The van der Waals surface area contributed by atoms with Crippen LogP contribution in [0.5, 0.6) is 0 Å². The Morgan fingerprint density at radius 2 is 1.81 bits per heavy atom. The Morgan fingerprint density at radius 1 is 1.10 bits per heavy atom. The van der Waals surface area contributed by atoms with E-state index in [1.807, 2.05) is 0 Å². The molecule has 21 heavy (non-hydrogen) atoms. The number of H-pyrrole nitrogens is 1. The van der Waals surface area contributed by atoms with Crippen molar-refractivity contribution in [2.24, 2.45) is 0 Å². The van der Waals surface area contributed by atoms with Gasteiger partial charge < -0.3 is 5.32 Å². The number of nitrogens with one attached hydrogen (secondary N) is 2. The van der Waals surface area contributed by atoms with Gasteiger partial charge in [0.15, 0.2) is 5.69 Å². The molecule has 0 saturated carbocycles. The van der Waals surface area contributed by atoms with Crippen molar-refractivity contribution in [3.05, 3.63) is 70.3 Å². The summed E-state index contributed by atoms with van der Waals surface area (Å²) in [5.74, 6) is -1.05. The molecule has 0 bridgehead atoms. The van der Waals surface area contributed by atoms with E-state index in [0.29, 0.717) is 16.6 Å². The van der Waals surface area contributed by atoms with Crippen LogP contribution in [-0.4, -0.2) is 16.1 Å². The van der Waals surface area contributed by atoms with Gasteiger partial charge in [-0.3, -0.25) is 14.7 Å². The van der Waals surface area contributed by atoms with Crippen molar-refractivity contribution in [1.82, 2.24) is 10.2 Å². The summed E-state index contributed by atoms with van der Waals surface area (Å²) in [6, 6.07) is 12.0. The first-order valence-electron chi connectivity index (χ1n) is 6.19. The average Bonchev–Trinajstić information content (AvgIpc) is 2.50.